The zero-order chi connectivity index (χ0) is 15.2. The van der Waals surface area contributed by atoms with Gasteiger partial charge in [-0.25, -0.2) is 0 Å². The molecule has 1 saturated carbocycles. The average molecular weight is 294 g/mol. The van der Waals surface area contributed by atoms with E-state index in [1.54, 1.807) is 0 Å². The molecule has 5 nitrogen and oxygen atoms in total. The number of nitrogens with one attached hydrogen (secondary N) is 2. The molecule has 21 heavy (non-hydrogen) atoms. The highest BCUT2D eigenvalue weighted by Crippen LogP contribution is 2.25. The van der Waals surface area contributed by atoms with E-state index in [1.165, 1.54) is 19.3 Å². The van der Waals surface area contributed by atoms with Gasteiger partial charge in [-0.15, -0.1) is 0 Å². The lowest BCUT2D eigenvalue weighted by atomic mass is 9.84. The molecule has 0 aromatic heterocycles. The third kappa shape index (κ3) is 4.70. The Balaban J connectivity index is 1.68. The first kappa shape index (κ1) is 16.3. The van der Waals surface area contributed by atoms with Gasteiger partial charge in [0.15, 0.2) is 0 Å². The van der Waals surface area contributed by atoms with Gasteiger partial charge in [-0.05, 0) is 44.4 Å². The summed E-state index contributed by atoms with van der Waals surface area (Å²) in [7, 11) is 0. The van der Waals surface area contributed by atoms with Crippen LogP contribution in [-0.4, -0.2) is 42.3 Å². The molecule has 4 N–H and O–H groups in total. The van der Waals surface area contributed by atoms with Gasteiger partial charge in [0, 0.05) is 19.6 Å². The molecule has 1 atom stereocenters. The van der Waals surface area contributed by atoms with Crippen molar-refractivity contribution in [1.82, 2.24) is 10.2 Å². The van der Waals surface area contributed by atoms with E-state index in [0.29, 0.717) is 17.7 Å². The summed E-state index contributed by atoms with van der Waals surface area (Å²) in [4.78, 5) is 14.3. The molecule has 1 aliphatic heterocycles. The first-order valence-electron chi connectivity index (χ1n) is 8.41. The monoisotopic (exact) mass is 294 g/mol. The second-order valence-corrected chi connectivity index (χ2v) is 6.68. The molecule has 1 amide bonds. The minimum absolute atomic E-state index is 0.0348. The number of hydrogen-bond acceptors (Lipinski definition) is 3. The predicted octanol–water partition coefficient (Wildman–Crippen LogP) is 1.72. The lowest BCUT2D eigenvalue weighted by Crippen LogP contribution is -2.48. The maximum Gasteiger partial charge on any atom is 0.237 e. The van der Waals surface area contributed by atoms with Crippen LogP contribution in [0.15, 0.2) is 0 Å². The first-order valence-corrected chi connectivity index (χ1v) is 8.41. The maximum absolute atomic E-state index is 12.2. The fourth-order valence-electron chi connectivity index (χ4n) is 3.54. The number of piperidine rings is 1. The van der Waals surface area contributed by atoms with E-state index < -0.39 is 0 Å². The summed E-state index contributed by atoms with van der Waals surface area (Å²) in [5, 5.41) is 10.7. The summed E-state index contributed by atoms with van der Waals surface area (Å²) < 4.78 is 0. The molecule has 2 aliphatic rings. The van der Waals surface area contributed by atoms with Gasteiger partial charge >= 0.3 is 0 Å². The molecular formula is C16H30N4O. The molecule has 1 heterocycles. The van der Waals surface area contributed by atoms with Crippen LogP contribution in [0.2, 0.25) is 0 Å². The number of carbonyl (C=O) groups is 1. The SMILES string of the molecule is CC(=N)N1CCC(CNC(=O)C(N)C2CCCCC2)CC1. The summed E-state index contributed by atoms with van der Waals surface area (Å²) in [6.45, 7) is 4.45. The van der Waals surface area contributed by atoms with Crippen LogP contribution in [0.4, 0.5) is 0 Å². The number of hydrogen-bond donors (Lipinski definition) is 3. The Morgan fingerprint density at radius 2 is 1.86 bits per heavy atom. The minimum atomic E-state index is -0.325. The molecule has 120 valence electrons. The topological polar surface area (TPSA) is 82.2 Å². The van der Waals surface area contributed by atoms with Gasteiger partial charge in [-0.2, -0.15) is 0 Å². The summed E-state index contributed by atoms with van der Waals surface area (Å²) in [6.07, 6.45) is 8.03. The number of nitrogens with zero attached hydrogens (tertiary/aromatic N) is 1. The van der Waals surface area contributed by atoms with Crippen molar-refractivity contribution in [2.75, 3.05) is 19.6 Å². The van der Waals surface area contributed by atoms with E-state index in [0.717, 1.165) is 45.3 Å². The smallest absolute Gasteiger partial charge is 0.237 e. The number of rotatable bonds is 4. The molecular weight excluding hydrogens is 264 g/mol. The van der Waals surface area contributed by atoms with Crippen molar-refractivity contribution in [3.05, 3.63) is 0 Å². The number of carbonyl (C=O) groups excluding carboxylic acids is 1. The average Bonchev–Trinajstić information content (AvgIpc) is 2.53. The number of nitrogens with two attached hydrogens (primary N) is 1. The third-order valence-electron chi connectivity index (χ3n) is 5.11. The van der Waals surface area contributed by atoms with Gasteiger partial charge in [0.25, 0.3) is 0 Å². The van der Waals surface area contributed by atoms with Crippen LogP contribution in [0.25, 0.3) is 0 Å². The summed E-state index contributed by atoms with van der Waals surface area (Å²) in [6, 6.07) is -0.325. The van der Waals surface area contributed by atoms with Crippen molar-refractivity contribution in [3.8, 4) is 0 Å². The number of amides is 1. The normalized spacial score (nSPS) is 22.9. The van der Waals surface area contributed by atoms with Crippen LogP contribution in [-0.2, 0) is 4.79 Å². The Labute approximate surface area is 128 Å². The van der Waals surface area contributed by atoms with Gasteiger partial charge in [-0.1, -0.05) is 19.3 Å². The molecule has 2 rings (SSSR count). The second kappa shape index (κ2) is 7.78. The quantitative estimate of drug-likeness (QED) is 0.545. The van der Waals surface area contributed by atoms with Crippen molar-refractivity contribution in [3.63, 3.8) is 0 Å². The van der Waals surface area contributed by atoms with Crippen LogP contribution in [0.1, 0.15) is 51.9 Å². The third-order valence-corrected chi connectivity index (χ3v) is 5.11. The van der Waals surface area contributed by atoms with Crippen LogP contribution in [0.5, 0.6) is 0 Å². The van der Waals surface area contributed by atoms with E-state index in [-0.39, 0.29) is 11.9 Å². The van der Waals surface area contributed by atoms with E-state index in [4.69, 9.17) is 11.1 Å². The Bertz CT molecular complexity index is 357. The maximum atomic E-state index is 12.2. The van der Waals surface area contributed by atoms with E-state index in [1.807, 2.05) is 6.92 Å². The Kier molecular flexibility index (Phi) is 6.03. The van der Waals surface area contributed by atoms with Crippen LogP contribution >= 0.6 is 0 Å². The number of likely N-dealkylation sites (tertiary alicyclic amines) is 1. The molecule has 1 saturated heterocycles. The van der Waals surface area contributed by atoms with E-state index in [2.05, 4.69) is 10.2 Å². The largest absolute Gasteiger partial charge is 0.361 e. The van der Waals surface area contributed by atoms with Gasteiger partial charge < -0.3 is 16.0 Å². The lowest BCUT2D eigenvalue weighted by molar-refractivity contribution is -0.124. The molecule has 5 heteroatoms. The van der Waals surface area contributed by atoms with E-state index in [9.17, 15) is 4.79 Å². The van der Waals surface area contributed by atoms with Gasteiger partial charge in [-0.3, -0.25) is 10.2 Å². The molecule has 0 aromatic carbocycles. The van der Waals surface area contributed by atoms with Crippen molar-refractivity contribution >= 4 is 11.7 Å². The Morgan fingerprint density at radius 3 is 2.43 bits per heavy atom. The highest BCUT2D eigenvalue weighted by Gasteiger charge is 2.27. The fraction of sp³-hybridized carbons (Fsp3) is 0.875. The van der Waals surface area contributed by atoms with Crippen molar-refractivity contribution < 1.29 is 4.79 Å². The first-order chi connectivity index (χ1) is 10.1. The van der Waals surface area contributed by atoms with E-state index >= 15 is 0 Å². The summed E-state index contributed by atoms with van der Waals surface area (Å²) >= 11 is 0. The van der Waals surface area contributed by atoms with Gasteiger partial charge in [0.05, 0.1) is 11.9 Å². The molecule has 1 aliphatic carbocycles. The van der Waals surface area contributed by atoms with Crippen LogP contribution in [0, 0.1) is 17.2 Å². The molecule has 1 unspecified atom stereocenters. The summed E-state index contributed by atoms with van der Waals surface area (Å²) in [5.74, 6) is 1.59. The highest BCUT2D eigenvalue weighted by atomic mass is 16.2. The van der Waals surface area contributed by atoms with Crippen LogP contribution in [0.3, 0.4) is 0 Å². The molecule has 2 fully saturated rings. The Hall–Kier alpha value is -1.10. The zero-order valence-corrected chi connectivity index (χ0v) is 13.2. The predicted molar refractivity (Wildman–Crippen MR) is 85.3 cm³/mol. The molecule has 0 bridgehead atoms. The highest BCUT2D eigenvalue weighted by molar-refractivity contribution is 5.81. The fourth-order valence-corrected chi connectivity index (χ4v) is 3.54. The molecule has 0 aromatic rings. The van der Waals surface area contributed by atoms with Crippen molar-refractivity contribution in [1.29, 1.82) is 5.41 Å². The second-order valence-electron chi connectivity index (χ2n) is 6.68. The van der Waals surface area contributed by atoms with Gasteiger partial charge in [0.2, 0.25) is 5.91 Å². The zero-order valence-electron chi connectivity index (χ0n) is 13.2. The van der Waals surface area contributed by atoms with Crippen LogP contribution < -0.4 is 11.1 Å². The Morgan fingerprint density at radius 1 is 1.24 bits per heavy atom. The van der Waals surface area contributed by atoms with Gasteiger partial charge in [0.1, 0.15) is 0 Å². The standard InChI is InChI=1S/C16H30N4O/c1-12(17)20-9-7-13(8-10-20)11-19-16(21)15(18)14-5-3-2-4-6-14/h13-15,17H,2-11,18H2,1H3,(H,19,21). The number of amidine groups is 1. The van der Waals surface area contributed by atoms with Crippen molar-refractivity contribution in [2.24, 2.45) is 17.6 Å². The molecule has 0 spiro atoms. The lowest BCUT2D eigenvalue weighted by Gasteiger charge is -2.33. The molecule has 0 radical (unpaired) electrons. The minimum Gasteiger partial charge on any atom is -0.361 e. The van der Waals surface area contributed by atoms with Crippen molar-refractivity contribution in [2.45, 2.75) is 57.9 Å². The summed E-state index contributed by atoms with van der Waals surface area (Å²) in [5.41, 5.74) is 6.12.